The van der Waals surface area contributed by atoms with Crippen LogP contribution >= 0.6 is 0 Å². The summed E-state index contributed by atoms with van der Waals surface area (Å²) in [6.45, 7) is 4.62. The summed E-state index contributed by atoms with van der Waals surface area (Å²) in [6.07, 6.45) is 2.35. The van der Waals surface area contributed by atoms with E-state index in [1.54, 1.807) is 0 Å². The summed E-state index contributed by atoms with van der Waals surface area (Å²) in [5.74, 6) is 0.446. The summed E-state index contributed by atoms with van der Waals surface area (Å²) < 4.78 is 0. The first kappa shape index (κ1) is 13.6. The SMILES string of the molecule is CC1CCC(CO)CN1Cc1cccc2ccccc12. The predicted octanol–water partition coefficient (Wildman–Crippen LogP) is 3.43. The molecule has 3 rings (SSSR count). The highest BCUT2D eigenvalue weighted by atomic mass is 16.3. The summed E-state index contributed by atoms with van der Waals surface area (Å²) in [6, 6.07) is 15.8. The van der Waals surface area contributed by atoms with E-state index in [1.165, 1.54) is 22.8 Å². The lowest BCUT2D eigenvalue weighted by atomic mass is 9.93. The standard InChI is InChI=1S/C18H23NO/c1-14-9-10-15(13-20)11-19(14)12-17-7-4-6-16-5-2-3-8-18(16)17/h2-8,14-15,20H,9-13H2,1H3. The molecule has 1 N–H and O–H groups in total. The second-order valence-corrected chi connectivity index (χ2v) is 6.04. The van der Waals surface area contributed by atoms with Crippen LogP contribution in [0.2, 0.25) is 0 Å². The predicted molar refractivity (Wildman–Crippen MR) is 83.6 cm³/mol. The van der Waals surface area contributed by atoms with E-state index < -0.39 is 0 Å². The molecule has 1 heterocycles. The number of aliphatic hydroxyl groups is 1. The van der Waals surface area contributed by atoms with Crippen molar-refractivity contribution in [2.24, 2.45) is 5.92 Å². The van der Waals surface area contributed by atoms with Crippen LogP contribution in [0.5, 0.6) is 0 Å². The molecule has 0 spiro atoms. The van der Waals surface area contributed by atoms with Gasteiger partial charge in [0, 0.05) is 25.7 Å². The van der Waals surface area contributed by atoms with Crippen LogP contribution in [0.4, 0.5) is 0 Å². The maximum atomic E-state index is 9.41. The first-order chi connectivity index (χ1) is 9.78. The van der Waals surface area contributed by atoms with Crippen LogP contribution < -0.4 is 0 Å². The van der Waals surface area contributed by atoms with Crippen LogP contribution in [0.25, 0.3) is 10.8 Å². The van der Waals surface area contributed by atoms with E-state index in [9.17, 15) is 5.11 Å². The number of hydrogen-bond donors (Lipinski definition) is 1. The molecule has 2 heteroatoms. The Kier molecular flexibility index (Phi) is 4.04. The fraction of sp³-hybridized carbons (Fsp3) is 0.444. The van der Waals surface area contributed by atoms with Crippen LogP contribution in [0.3, 0.4) is 0 Å². The van der Waals surface area contributed by atoms with Gasteiger partial charge in [0.15, 0.2) is 0 Å². The Balaban J connectivity index is 1.85. The highest BCUT2D eigenvalue weighted by Gasteiger charge is 2.25. The molecule has 2 nitrogen and oxygen atoms in total. The van der Waals surface area contributed by atoms with Gasteiger partial charge in [-0.2, -0.15) is 0 Å². The molecule has 106 valence electrons. The van der Waals surface area contributed by atoms with Crippen molar-refractivity contribution < 1.29 is 5.11 Å². The molecular weight excluding hydrogens is 246 g/mol. The molecule has 0 amide bonds. The van der Waals surface area contributed by atoms with Crippen molar-refractivity contribution in [1.29, 1.82) is 0 Å². The number of nitrogens with zero attached hydrogens (tertiary/aromatic N) is 1. The summed E-state index contributed by atoms with van der Waals surface area (Å²) in [5.41, 5.74) is 1.40. The zero-order valence-electron chi connectivity index (χ0n) is 12.1. The van der Waals surface area contributed by atoms with Gasteiger partial charge in [0.25, 0.3) is 0 Å². The van der Waals surface area contributed by atoms with E-state index in [0.717, 1.165) is 19.5 Å². The summed E-state index contributed by atoms with van der Waals surface area (Å²) in [7, 11) is 0. The minimum atomic E-state index is 0.318. The lowest BCUT2D eigenvalue weighted by molar-refractivity contribution is 0.0775. The summed E-state index contributed by atoms with van der Waals surface area (Å²) in [5, 5.41) is 12.1. The second-order valence-electron chi connectivity index (χ2n) is 6.04. The Morgan fingerprint density at radius 1 is 1.10 bits per heavy atom. The van der Waals surface area contributed by atoms with Crippen molar-refractivity contribution in [1.82, 2.24) is 4.90 Å². The molecule has 1 aliphatic rings. The largest absolute Gasteiger partial charge is 0.396 e. The first-order valence-electron chi connectivity index (χ1n) is 7.59. The summed E-state index contributed by atoms with van der Waals surface area (Å²) in [4.78, 5) is 2.52. The van der Waals surface area contributed by atoms with Gasteiger partial charge in [-0.15, -0.1) is 0 Å². The number of hydrogen-bond acceptors (Lipinski definition) is 2. The quantitative estimate of drug-likeness (QED) is 0.922. The molecule has 2 aromatic carbocycles. The molecule has 0 aliphatic carbocycles. The Morgan fingerprint density at radius 2 is 1.90 bits per heavy atom. The smallest absolute Gasteiger partial charge is 0.0471 e. The number of benzene rings is 2. The zero-order valence-corrected chi connectivity index (χ0v) is 12.1. The van der Waals surface area contributed by atoms with E-state index in [2.05, 4.69) is 54.3 Å². The fourth-order valence-electron chi connectivity index (χ4n) is 3.28. The zero-order chi connectivity index (χ0) is 13.9. The molecule has 0 aromatic heterocycles. The van der Waals surface area contributed by atoms with Crippen molar-refractivity contribution in [2.75, 3.05) is 13.2 Å². The highest BCUT2D eigenvalue weighted by Crippen LogP contribution is 2.26. The molecule has 1 saturated heterocycles. The molecular formula is C18H23NO. The van der Waals surface area contributed by atoms with Gasteiger partial charge in [-0.25, -0.2) is 0 Å². The van der Waals surface area contributed by atoms with Gasteiger partial charge in [-0.1, -0.05) is 42.5 Å². The Labute approximate surface area is 121 Å². The third kappa shape index (κ3) is 2.72. The van der Waals surface area contributed by atoms with Gasteiger partial charge in [0.05, 0.1) is 0 Å². The van der Waals surface area contributed by atoms with E-state index in [0.29, 0.717) is 18.6 Å². The normalized spacial score (nSPS) is 24.1. The number of likely N-dealkylation sites (tertiary alicyclic amines) is 1. The van der Waals surface area contributed by atoms with Gasteiger partial charge in [0.1, 0.15) is 0 Å². The monoisotopic (exact) mass is 269 g/mol. The third-order valence-corrected chi connectivity index (χ3v) is 4.62. The maximum absolute atomic E-state index is 9.41. The fourth-order valence-corrected chi connectivity index (χ4v) is 3.28. The van der Waals surface area contributed by atoms with E-state index in [4.69, 9.17) is 0 Å². The third-order valence-electron chi connectivity index (χ3n) is 4.62. The molecule has 20 heavy (non-hydrogen) atoms. The molecule has 0 bridgehead atoms. The van der Waals surface area contributed by atoms with Crippen molar-refractivity contribution in [3.8, 4) is 0 Å². The van der Waals surface area contributed by atoms with E-state index >= 15 is 0 Å². The first-order valence-corrected chi connectivity index (χ1v) is 7.59. The van der Waals surface area contributed by atoms with Gasteiger partial charge < -0.3 is 5.11 Å². The van der Waals surface area contributed by atoms with Crippen LogP contribution in [0, 0.1) is 5.92 Å². The molecule has 2 aromatic rings. The minimum absolute atomic E-state index is 0.318. The van der Waals surface area contributed by atoms with Gasteiger partial charge >= 0.3 is 0 Å². The molecule has 0 radical (unpaired) electrons. The minimum Gasteiger partial charge on any atom is -0.396 e. The number of rotatable bonds is 3. The van der Waals surface area contributed by atoms with Crippen molar-refractivity contribution >= 4 is 10.8 Å². The van der Waals surface area contributed by atoms with Gasteiger partial charge in [-0.3, -0.25) is 4.90 Å². The Bertz CT molecular complexity index is 575. The van der Waals surface area contributed by atoms with Crippen molar-refractivity contribution in [3.63, 3.8) is 0 Å². The number of piperidine rings is 1. The molecule has 1 aliphatic heterocycles. The number of fused-ring (bicyclic) bond motifs is 1. The Morgan fingerprint density at radius 3 is 2.75 bits per heavy atom. The average molecular weight is 269 g/mol. The van der Waals surface area contributed by atoms with Crippen molar-refractivity contribution in [2.45, 2.75) is 32.4 Å². The second kappa shape index (κ2) is 5.94. The van der Waals surface area contributed by atoms with Crippen LogP contribution in [-0.2, 0) is 6.54 Å². The van der Waals surface area contributed by atoms with Crippen LogP contribution in [-0.4, -0.2) is 29.2 Å². The lowest BCUT2D eigenvalue weighted by Gasteiger charge is -2.37. The van der Waals surface area contributed by atoms with Crippen LogP contribution in [0.15, 0.2) is 42.5 Å². The van der Waals surface area contributed by atoms with E-state index in [-0.39, 0.29) is 0 Å². The topological polar surface area (TPSA) is 23.5 Å². The Hall–Kier alpha value is -1.38. The molecule has 2 atom stereocenters. The van der Waals surface area contributed by atoms with E-state index in [1.807, 2.05) is 0 Å². The lowest BCUT2D eigenvalue weighted by Crippen LogP contribution is -2.42. The molecule has 0 saturated carbocycles. The molecule has 2 unspecified atom stereocenters. The maximum Gasteiger partial charge on any atom is 0.0471 e. The molecule has 1 fully saturated rings. The van der Waals surface area contributed by atoms with Gasteiger partial charge in [0.2, 0.25) is 0 Å². The number of aliphatic hydroxyl groups excluding tert-OH is 1. The highest BCUT2D eigenvalue weighted by molar-refractivity contribution is 5.85. The van der Waals surface area contributed by atoms with Crippen molar-refractivity contribution in [3.05, 3.63) is 48.0 Å². The summed E-state index contributed by atoms with van der Waals surface area (Å²) >= 11 is 0. The van der Waals surface area contributed by atoms with Gasteiger partial charge in [-0.05, 0) is 42.0 Å². The van der Waals surface area contributed by atoms with Crippen LogP contribution in [0.1, 0.15) is 25.3 Å². The average Bonchev–Trinajstić information content (AvgIpc) is 2.50.